The van der Waals surface area contributed by atoms with Crippen LogP contribution in [0, 0.1) is 0 Å². The minimum atomic E-state index is -0.625. The van der Waals surface area contributed by atoms with Crippen molar-refractivity contribution in [3.63, 3.8) is 0 Å². The number of hydrogen-bond acceptors (Lipinski definition) is 6. The first-order chi connectivity index (χ1) is 20.5. The maximum Gasteiger partial charge on any atom is 0.256 e. The molecule has 0 fully saturated rings. The Bertz CT molecular complexity index is 1280. The van der Waals surface area contributed by atoms with Gasteiger partial charge in [0, 0.05) is 5.56 Å². The van der Waals surface area contributed by atoms with Crippen molar-refractivity contribution < 1.29 is 19.1 Å². The summed E-state index contributed by atoms with van der Waals surface area (Å²) in [6, 6.07) is 20.4. The van der Waals surface area contributed by atoms with Crippen molar-refractivity contribution >= 4 is 45.1 Å². The zero-order chi connectivity index (χ0) is 30.0. The molecule has 224 valence electrons. The van der Waals surface area contributed by atoms with E-state index < -0.39 is 10.5 Å². The van der Waals surface area contributed by atoms with E-state index in [-0.39, 0.29) is 11.1 Å². The average molecular weight is 612 g/mol. The number of carbonyl (C=O) groups excluding carboxylic acids is 2. The van der Waals surface area contributed by atoms with Gasteiger partial charge in [0.25, 0.3) is 10.5 Å². The van der Waals surface area contributed by atoms with Crippen LogP contribution in [0.3, 0.4) is 0 Å². The fraction of sp³-hybridized carbons (Fsp3) is 0.412. The van der Waals surface area contributed by atoms with Crippen molar-refractivity contribution in [3.05, 3.63) is 83.4 Å². The van der Waals surface area contributed by atoms with E-state index in [9.17, 15) is 9.59 Å². The number of hydrogen-bond donors (Lipinski definition) is 0. The molecule has 0 unspecified atom stereocenters. The maximum absolute atomic E-state index is 11.6. The zero-order valence-electron chi connectivity index (χ0n) is 24.3. The van der Waals surface area contributed by atoms with Gasteiger partial charge in [0.05, 0.1) is 30.2 Å². The van der Waals surface area contributed by atoms with Gasteiger partial charge in [0.2, 0.25) is 0 Å². The van der Waals surface area contributed by atoms with Gasteiger partial charge in [0.15, 0.2) is 0 Å². The number of carbonyl (C=O) groups is 2. The van der Waals surface area contributed by atoms with Crippen LogP contribution in [0.2, 0.25) is 0 Å². The Hall–Kier alpha value is -3.22. The monoisotopic (exact) mass is 610 g/mol. The predicted octanol–water partition coefficient (Wildman–Crippen LogP) is 10.8. The van der Waals surface area contributed by atoms with Crippen LogP contribution >= 0.6 is 23.2 Å². The van der Waals surface area contributed by atoms with E-state index >= 15 is 0 Å². The highest BCUT2D eigenvalue weighted by molar-refractivity contribution is 6.68. The predicted molar refractivity (Wildman–Crippen MR) is 170 cm³/mol. The second-order valence-corrected chi connectivity index (χ2v) is 10.9. The molecule has 3 aromatic rings. The highest BCUT2D eigenvalue weighted by Gasteiger charge is 2.13. The molecule has 6 nitrogen and oxygen atoms in total. The topological polar surface area (TPSA) is 77.3 Å². The first-order valence-electron chi connectivity index (χ1n) is 14.9. The minimum absolute atomic E-state index is 0.237. The van der Waals surface area contributed by atoms with Crippen LogP contribution < -0.4 is 9.47 Å². The van der Waals surface area contributed by atoms with Crippen molar-refractivity contribution in [2.24, 2.45) is 10.2 Å². The number of benzene rings is 3. The van der Waals surface area contributed by atoms with Gasteiger partial charge in [-0.1, -0.05) is 64.0 Å². The number of nitrogens with zero attached hydrogens (tertiary/aromatic N) is 2. The van der Waals surface area contributed by atoms with Crippen LogP contribution in [0.25, 0.3) is 0 Å². The van der Waals surface area contributed by atoms with Gasteiger partial charge >= 0.3 is 0 Å². The van der Waals surface area contributed by atoms with E-state index in [1.807, 2.05) is 36.4 Å². The molecule has 0 aliphatic heterocycles. The average Bonchev–Trinajstić information content (AvgIpc) is 3.00. The molecule has 0 aromatic heterocycles. The summed E-state index contributed by atoms with van der Waals surface area (Å²) >= 11 is 11.1. The molecular weight excluding hydrogens is 571 g/mol. The van der Waals surface area contributed by atoms with Gasteiger partial charge in [-0.05, 0) is 109 Å². The number of aryl methyl sites for hydroxylation is 1. The molecule has 0 bridgehead atoms. The molecule has 3 aromatic carbocycles. The summed E-state index contributed by atoms with van der Waals surface area (Å²) in [4.78, 5) is 23.0. The van der Waals surface area contributed by atoms with Crippen molar-refractivity contribution in [2.75, 3.05) is 13.2 Å². The summed E-state index contributed by atoms with van der Waals surface area (Å²) in [6.07, 6.45) is 12.2. The van der Waals surface area contributed by atoms with E-state index in [0.717, 1.165) is 55.6 Å². The highest BCUT2D eigenvalue weighted by atomic mass is 35.5. The standard InChI is InChI=1S/C34H40Cl2N2O4/c1-2-3-12-26-13-16-28(17-14-26)37-38-29-18-20-30(21-19-29)41-23-10-8-6-4-5-7-9-11-24-42-32-25-27(33(35)39)15-22-31(32)34(36)40/h13-22,25H,2-12,23-24H2,1H3. The molecule has 0 heterocycles. The summed E-state index contributed by atoms with van der Waals surface area (Å²) in [7, 11) is 0. The van der Waals surface area contributed by atoms with Crippen molar-refractivity contribution in [2.45, 2.75) is 77.6 Å². The summed E-state index contributed by atoms with van der Waals surface area (Å²) in [5.74, 6) is 1.14. The van der Waals surface area contributed by atoms with E-state index in [0.29, 0.717) is 19.0 Å². The molecule has 0 radical (unpaired) electrons. The lowest BCUT2D eigenvalue weighted by molar-refractivity contribution is 0.106. The van der Waals surface area contributed by atoms with Gasteiger partial charge in [-0.15, -0.1) is 0 Å². The molecule has 0 N–H and O–H groups in total. The Morgan fingerprint density at radius 2 is 1.19 bits per heavy atom. The van der Waals surface area contributed by atoms with Gasteiger partial charge in [-0.2, -0.15) is 10.2 Å². The van der Waals surface area contributed by atoms with Gasteiger partial charge in [0.1, 0.15) is 11.5 Å². The number of unbranched alkanes of at least 4 members (excludes halogenated alkanes) is 8. The molecule has 0 aliphatic rings. The third-order valence-corrected chi connectivity index (χ3v) is 7.28. The summed E-state index contributed by atoms with van der Waals surface area (Å²) < 4.78 is 11.6. The Labute approximate surface area is 259 Å². The van der Waals surface area contributed by atoms with Crippen LogP contribution in [0.1, 0.15) is 97.4 Å². The SMILES string of the molecule is CCCCc1ccc(N=Nc2ccc(OCCCCCCCCCCOc3cc(C(=O)Cl)ccc3C(=O)Cl)cc2)cc1. The lowest BCUT2D eigenvalue weighted by atomic mass is 10.1. The Balaban J connectivity index is 1.21. The maximum atomic E-state index is 11.6. The molecule has 0 saturated carbocycles. The molecular formula is C34H40Cl2N2O4. The Kier molecular flexibility index (Phi) is 15.1. The molecule has 8 heteroatoms. The van der Waals surface area contributed by atoms with Crippen LogP contribution in [0.4, 0.5) is 11.4 Å². The van der Waals surface area contributed by atoms with E-state index in [2.05, 4.69) is 29.3 Å². The van der Waals surface area contributed by atoms with Crippen molar-refractivity contribution in [1.82, 2.24) is 0 Å². The Morgan fingerprint density at radius 1 is 0.643 bits per heavy atom. The lowest BCUT2D eigenvalue weighted by Crippen LogP contribution is -2.03. The fourth-order valence-electron chi connectivity index (χ4n) is 4.40. The largest absolute Gasteiger partial charge is 0.494 e. The minimum Gasteiger partial charge on any atom is -0.494 e. The van der Waals surface area contributed by atoms with Crippen LogP contribution in [0.5, 0.6) is 11.5 Å². The van der Waals surface area contributed by atoms with Crippen LogP contribution in [0.15, 0.2) is 77.0 Å². The first kappa shape index (κ1) is 33.3. The molecule has 42 heavy (non-hydrogen) atoms. The molecule has 0 saturated heterocycles. The van der Waals surface area contributed by atoms with Gasteiger partial charge < -0.3 is 9.47 Å². The summed E-state index contributed by atoms with van der Waals surface area (Å²) in [6.45, 7) is 3.35. The zero-order valence-corrected chi connectivity index (χ0v) is 25.8. The van der Waals surface area contributed by atoms with Gasteiger partial charge in [-0.25, -0.2) is 0 Å². The van der Waals surface area contributed by atoms with Crippen LogP contribution in [-0.2, 0) is 6.42 Å². The Morgan fingerprint density at radius 3 is 1.74 bits per heavy atom. The number of halogens is 2. The number of rotatable bonds is 20. The smallest absolute Gasteiger partial charge is 0.256 e. The molecule has 0 atom stereocenters. The second kappa shape index (κ2) is 19.1. The van der Waals surface area contributed by atoms with Gasteiger partial charge in [-0.3, -0.25) is 9.59 Å². The van der Waals surface area contributed by atoms with Crippen molar-refractivity contribution in [1.29, 1.82) is 0 Å². The molecule has 0 amide bonds. The number of ether oxygens (including phenoxy) is 2. The van der Waals surface area contributed by atoms with E-state index in [4.69, 9.17) is 32.7 Å². The summed E-state index contributed by atoms with van der Waals surface area (Å²) in [5.41, 5.74) is 3.50. The van der Waals surface area contributed by atoms with Crippen molar-refractivity contribution in [3.8, 4) is 11.5 Å². The van der Waals surface area contributed by atoms with E-state index in [1.54, 1.807) is 0 Å². The molecule has 0 aliphatic carbocycles. The highest BCUT2D eigenvalue weighted by Crippen LogP contribution is 2.25. The number of azo groups is 1. The third-order valence-electron chi connectivity index (χ3n) is 6.86. The van der Waals surface area contributed by atoms with Crippen LogP contribution in [-0.4, -0.2) is 23.7 Å². The third kappa shape index (κ3) is 12.3. The fourth-order valence-corrected chi connectivity index (χ4v) is 4.67. The lowest BCUT2D eigenvalue weighted by Gasteiger charge is -2.10. The summed E-state index contributed by atoms with van der Waals surface area (Å²) in [5, 5.41) is 7.44. The van der Waals surface area contributed by atoms with E-state index in [1.165, 1.54) is 55.9 Å². The molecule has 0 spiro atoms. The second-order valence-electron chi connectivity index (χ2n) is 10.2. The normalized spacial score (nSPS) is 11.1. The molecule has 3 rings (SSSR count). The quantitative estimate of drug-likeness (QED) is 0.0723. The first-order valence-corrected chi connectivity index (χ1v) is 15.6.